The zero-order chi connectivity index (χ0) is 37.7. The van der Waals surface area contributed by atoms with Crippen LogP contribution in [0.3, 0.4) is 0 Å². The number of nitrogens with zero attached hydrogens (tertiary/aromatic N) is 2. The number of aliphatic hydroxyl groups is 2. The van der Waals surface area contributed by atoms with Crippen LogP contribution in [0.5, 0.6) is 11.5 Å². The number of fused-ring (bicyclic) bond motifs is 12. The summed E-state index contributed by atoms with van der Waals surface area (Å²) in [5.74, 6) is -7.61. The van der Waals surface area contributed by atoms with Crippen molar-refractivity contribution in [2.24, 2.45) is 23.7 Å². The molecule has 4 heterocycles. The molecule has 0 saturated carbocycles. The highest BCUT2D eigenvalue weighted by Gasteiger charge is 2.52. The number of Topliss-reactive ketones (excluding diaryl/α,β-unsaturated/α-hetero) is 1. The van der Waals surface area contributed by atoms with Gasteiger partial charge in [0.2, 0.25) is 5.78 Å². The summed E-state index contributed by atoms with van der Waals surface area (Å²) in [4.78, 5) is 62.9. The van der Waals surface area contributed by atoms with Gasteiger partial charge in [0.1, 0.15) is 23.3 Å². The molecule has 2 aromatic rings. The molecule has 7 bridgehead atoms. The molecule has 0 amide bonds. The summed E-state index contributed by atoms with van der Waals surface area (Å²) >= 11 is 0. The van der Waals surface area contributed by atoms with Gasteiger partial charge in [-0.3, -0.25) is 19.2 Å². The van der Waals surface area contributed by atoms with Gasteiger partial charge in [-0.1, -0.05) is 45.9 Å². The van der Waals surface area contributed by atoms with Crippen LogP contribution in [-0.2, 0) is 19.0 Å². The molecule has 0 spiro atoms. The van der Waals surface area contributed by atoms with Crippen molar-refractivity contribution >= 4 is 28.9 Å². The molecule has 0 saturated heterocycles. The van der Waals surface area contributed by atoms with Crippen LogP contribution in [0.15, 0.2) is 36.8 Å². The average molecular weight is 705 g/mol. The highest BCUT2D eigenvalue weighted by Crippen LogP contribution is 2.48. The minimum Gasteiger partial charge on any atom is -0.507 e. The topological polar surface area (TPSA) is 192 Å². The lowest BCUT2D eigenvalue weighted by molar-refractivity contribution is -0.160. The number of methoxy groups -OCH3 is 1. The van der Waals surface area contributed by atoms with Gasteiger partial charge in [-0.2, -0.15) is 0 Å². The molecule has 9 atom stereocenters. The number of aliphatic hydroxyl groups excluding tert-OH is 2. The Morgan fingerprint density at radius 2 is 1.63 bits per heavy atom. The first-order chi connectivity index (χ1) is 23.9. The van der Waals surface area contributed by atoms with Crippen LogP contribution in [0, 0.1) is 30.6 Å². The van der Waals surface area contributed by atoms with Crippen LogP contribution in [-0.4, -0.2) is 85.9 Å². The first-order valence-electron chi connectivity index (χ1n) is 16.8. The summed E-state index contributed by atoms with van der Waals surface area (Å²) in [6, 6.07) is 0. The maximum absolute atomic E-state index is 14.0. The molecule has 0 fully saturated rings. The Morgan fingerprint density at radius 3 is 2.27 bits per heavy atom. The Bertz CT molecular complexity index is 1880. The number of benzene rings is 1. The molecule has 13 nitrogen and oxygen atoms in total. The largest absolute Gasteiger partial charge is 0.507 e. The SMILES string of the molecule is COC1/C=C\OC2(C)Oc3c(C)c(O)c4c(c3C2=O)C(=O)c2cnc(nc2C4=O)/C(C)=C\C=C\C(C)C(O)C(C)C(O)C(C)C(OC(C)=O)C1C. The second-order valence-corrected chi connectivity index (χ2v) is 13.8. The molecule has 0 radical (unpaired) electrons. The number of aromatic hydroxyl groups is 1. The van der Waals surface area contributed by atoms with Gasteiger partial charge < -0.3 is 34.3 Å². The number of carbonyl (C=O) groups excluding carboxylic acids is 4. The van der Waals surface area contributed by atoms with E-state index in [2.05, 4.69) is 9.97 Å². The summed E-state index contributed by atoms with van der Waals surface area (Å²) in [5, 5.41) is 33.9. The predicted molar refractivity (Wildman–Crippen MR) is 183 cm³/mol. The van der Waals surface area contributed by atoms with Crippen LogP contribution in [0.4, 0.5) is 0 Å². The fraction of sp³-hybridized carbons (Fsp3) is 0.474. The maximum atomic E-state index is 14.0. The normalized spacial score (nSPS) is 33.2. The van der Waals surface area contributed by atoms with E-state index in [1.165, 1.54) is 46.4 Å². The summed E-state index contributed by atoms with van der Waals surface area (Å²) in [7, 11) is 1.43. The summed E-state index contributed by atoms with van der Waals surface area (Å²) in [5.41, 5.74) is -0.667. The van der Waals surface area contributed by atoms with E-state index in [0.717, 1.165) is 0 Å². The fourth-order valence-corrected chi connectivity index (χ4v) is 7.05. The Balaban J connectivity index is 1.65. The third-order valence-corrected chi connectivity index (χ3v) is 10.3. The van der Waals surface area contributed by atoms with Crippen LogP contribution in [0.25, 0.3) is 5.57 Å². The van der Waals surface area contributed by atoms with E-state index in [1.54, 1.807) is 52.8 Å². The molecule has 272 valence electrons. The van der Waals surface area contributed by atoms with Crippen LogP contribution in [0.1, 0.15) is 102 Å². The minimum atomic E-state index is -2.01. The van der Waals surface area contributed by atoms with Crippen LogP contribution in [0.2, 0.25) is 0 Å². The number of phenols is 1. The number of hydrogen-bond donors (Lipinski definition) is 3. The Kier molecular flexibility index (Phi) is 10.4. The van der Waals surface area contributed by atoms with Crippen molar-refractivity contribution in [1.82, 2.24) is 9.97 Å². The quantitative estimate of drug-likeness (QED) is 0.321. The molecule has 6 rings (SSSR count). The van der Waals surface area contributed by atoms with Gasteiger partial charge in [-0.25, -0.2) is 9.97 Å². The highest BCUT2D eigenvalue weighted by molar-refractivity contribution is 6.32. The zero-order valence-corrected chi connectivity index (χ0v) is 30.1. The lowest BCUT2D eigenvalue weighted by Crippen LogP contribution is -2.46. The molecular weight excluding hydrogens is 660 g/mol. The minimum absolute atomic E-state index is 0.0599. The van der Waals surface area contributed by atoms with E-state index in [-0.39, 0.29) is 45.1 Å². The molecule has 3 N–H and O–H groups in total. The average Bonchev–Trinajstić information content (AvgIpc) is 3.36. The Hall–Kier alpha value is -4.72. The summed E-state index contributed by atoms with van der Waals surface area (Å²) < 4.78 is 23.3. The van der Waals surface area contributed by atoms with Crippen LogP contribution < -0.4 is 4.74 Å². The van der Waals surface area contributed by atoms with Gasteiger partial charge in [0.25, 0.3) is 5.78 Å². The van der Waals surface area contributed by atoms with Crippen molar-refractivity contribution in [3.63, 3.8) is 0 Å². The van der Waals surface area contributed by atoms with Crippen molar-refractivity contribution in [3.05, 3.63) is 76.1 Å². The summed E-state index contributed by atoms with van der Waals surface area (Å²) in [6.45, 7) is 12.8. The molecular formula is C38H44N2O11. The van der Waals surface area contributed by atoms with Crippen molar-refractivity contribution < 1.29 is 53.4 Å². The number of allylic oxidation sites excluding steroid dienone is 3. The summed E-state index contributed by atoms with van der Waals surface area (Å²) in [6.07, 6.45) is 5.28. The molecule has 51 heavy (non-hydrogen) atoms. The molecule has 9 unspecified atom stereocenters. The van der Waals surface area contributed by atoms with Gasteiger partial charge in [-0.05, 0) is 25.5 Å². The van der Waals surface area contributed by atoms with Gasteiger partial charge in [0, 0.05) is 56.4 Å². The lowest BCUT2D eigenvalue weighted by atomic mass is 9.78. The standard InChI is InChI=1S/C38H44N2O11/c1-16-11-10-12-17(2)37-39-15-23-28(40-37)33(46)26-25(32(23)45)27-35(21(6)31(26)44)51-38(8,36(27)47)49-14-13-24(48-9)18(3)34(50-22(7)41)20(5)30(43)19(4)29(16)42/h10-16,18-20,24,29-30,34,42-44H,1-9H3/b11-10+,14-13-,17-12-. The third kappa shape index (κ3) is 6.49. The smallest absolute Gasteiger partial charge is 0.312 e. The second-order valence-electron chi connectivity index (χ2n) is 13.8. The van der Waals surface area contributed by atoms with Gasteiger partial charge in [-0.15, -0.1) is 0 Å². The Labute approximate surface area is 296 Å². The molecule has 1 aliphatic carbocycles. The van der Waals surface area contributed by atoms with E-state index in [4.69, 9.17) is 18.9 Å². The molecule has 3 aliphatic heterocycles. The number of ketones is 3. The predicted octanol–water partition coefficient (Wildman–Crippen LogP) is 4.27. The first kappa shape index (κ1) is 37.5. The maximum Gasteiger partial charge on any atom is 0.312 e. The van der Waals surface area contributed by atoms with Crippen LogP contribution >= 0.6 is 0 Å². The second kappa shape index (κ2) is 14.1. The van der Waals surface area contributed by atoms with Gasteiger partial charge >= 0.3 is 11.8 Å². The fourth-order valence-electron chi connectivity index (χ4n) is 7.05. The molecule has 4 aliphatic rings. The van der Waals surface area contributed by atoms with E-state index >= 15 is 0 Å². The number of hydrogen-bond acceptors (Lipinski definition) is 13. The van der Waals surface area contributed by atoms with Gasteiger partial charge in [0.05, 0.1) is 46.8 Å². The number of aromatic nitrogens is 2. The number of ether oxygens (including phenoxy) is 4. The molecule has 1 aromatic heterocycles. The number of rotatable bonds is 2. The molecule has 1 aromatic carbocycles. The van der Waals surface area contributed by atoms with Crippen molar-refractivity contribution in [1.29, 1.82) is 0 Å². The Morgan fingerprint density at radius 1 is 0.941 bits per heavy atom. The highest BCUT2D eigenvalue weighted by atomic mass is 16.7. The number of esters is 1. The van der Waals surface area contributed by atoms with E-state index < -0.39 is 82.9 Å². The molecule has 13 heteroatoms. The van der Waals surface area contributed by atoms with E-state index in [1.807, 2.05) is 0 Å². The number of carbonyl (C=O) groups is 4. The van der Waals surface area contributed by atoms with Crippen molar-refractivity contribution in [2.75, 3.05) is 7.11 Å². The van der Waals surface area contributed by atoms with E-state index in [9.17, 15) is 34.5 Å². The van der Waals surface area contributed by atoms with Crippen molar-refractivity contribution in [2.45, 2.75) is 85.6 Å². The van der Waals surface area contributed by atoms with Gasteiger partial charge in [0.15, 0.2) is 11.6 Å². The van der Waals surface area contributed by atoms with E-state index in [0.29, 0.717) is 5.57 Å². The van der Waals surface area contributed by atoms with Crippen molar-refractivity contribution in [3.8, 4) is 11.5 Å². The zero-order valence-electron chi connectivity index (χ0n) is 30.1. The third-order valence-electron chi connectivity index (χ3n) is 10.3. The number of phenolic OH excluding ortho intramolecular Hbond substituents is 1. The monoisotopic (exact) mass is 704 g/mol. The first-order valence-corrected chi connectivity index (χ1v) is 16.8. The lowest BCUT2D eigenvalue weighted by Gasteiger charge is -2.38.